The number of fused-ring (bicyclic) bond motifs is 1. The first kappa shape index (κ1) is 14.2. The number of alkyl halides is 3. The van der Waals surface area contributed by atoms with Gasteiger partial charge in [-0.2, -0.15) is 13.2 Å². The Hall–Kier alpha value is -1.71. The SMILES string of the molecule is FC(F)(F)C1CCCCC1Nc1cccc2ccccc12. The van der Waals surface area contributed by atoms with Gasteiger partial charge in [-0.1, -0.05) is 49.2 Å². The lowest BCUT2D eigenvalue weighted by atomic mass is 9.83. The minimum atomic E-state index is -4.12. The fraction of sp³-hybridized carbons (Fsp3) is 0.412. The van der Waals surface area contributed by atoms with Crippen LogP contribution in [0, 0.1) is 5.92 Å². The van der Waals surface area contributed by atoms with Gasteiger partial charge in [0, 0.05) is 17.1 Å². The third kappa shape index (κ3) is 2.99. The molecule has 0 spiro atoms. The smallest absolute Gasteiger partial charge is 0.381 e. The highest BCUT2D eigenvalue weighted by Crippen LogP contribution is 2.39. The lowest BCUT2D eigenvalue weighted by Gasteiger charge is -2.34. The van der Waals surface area contributed by atoms with Gasteiger partial charge in [0.05, 0.1) is 5.92 Å². The fourth-order valence-electron chi connectivity index (χ4n) is 3.25. The lowest BCUT2D eigenvalue weighted by molar-refractivity contribution is -0.184. The van der Waals surface area contributed by atoms with Gasteiger partial charge < -0.3 is 5.32 Å². The average molecular weight is 293 g/mol. The van der Waals surface area contributed by atoms with E-state index in [0.29, 0.717) is 12.8 Å². The molecule has 2 unspecified atom stereocenters. The van der Waals surface area contributed by atoms with E-state index in [0.717, 1.165) is 22.9 Å². The fourth-order valence-corrected chi connectivity index (χ4v) is 3.25. The summed E-state index contributed by atoms with van der Waals surface area (Å²) < 4.78 is 39.5. The van der Waals surface area contributed by atoms with E-state index < -0.39 is 18.1 Å². The molecular formula is C17H18F3N. The van der Waals surface area contributed by atoms with Crippen LogP contribution in [0.1, 0.15) is 25.7 Å². The van der Waals surface area contributed by atoms with Gasteiger partial charge in [0.25, 0.3) is 0 Å². The lowest BCUT2D eigenvalue weighted by Crippen LogP contribution is -2.41. The van der Waals surface area contributed by atoms with Gasteiger partial charge in [-0.25, -0.2) is 0 Å². The third-order valence-electron chi connectivity index (χ3n) is 4.32. The summed E-state index contributed by atoms with van der Waals surface area (Å²) in [5, 5.41) is 5.18. The van der Waals surface area contributed by atoms with Crippen LogP contribution in [-0.2, 0) is 0 Å². The van der Waals surface area contributed by atoms with Crippen molar-refractivity contribution in [2.24, 2.45) is 5.92 Å². The van der Waals surface area contributed by atoms with E-state index in [4.69, 9.17) is 0 Å². The van der Waals surface area contributed by atoms with Gasteiger partial charge in [-0.3, -0.25) is 0 Å². The molecule has 0 saturated heterocycles. The molecule has 0 aromatic heterocycles. The number of hydrogen-bond acceptors (Lipinski definition) is 1. The number of anilines is 1. The summed E-state index contributed by atoms with van der Waals surface area (Å²) >= 11 is 0. The van der Waals surface area contributed by atoms with E-state index in [2.05, 4.69) is 5.32 Å². The zero-order chi connectivity index (χ0) is 14.9. The predicted octanol–water partition coefficient (Wildman–Crippen LogP) is 5.37. The molecule has 1 saturated carbocycles. The van der Waals surface area contributed by atoms with Crippen LogP contribution < -0.4 is 5.32 Å². The first-order chi connectivity index (χ1) is 10.1. The van der Waals surface area contributed by atoms with Gasteiger partial charge in [-0.15, -0.1) is 0 Å². The van der Waals surface area contributed by atoms with Gasteiger partial charge in [0.2, 0.25) is 0 Å². The zero-order valence-electron chi connectivity index (χ0n) is 11.7. The minimum Gasteiger partial charge on any atom is -0.381 e. The molecule has 4 heteroatoms. The molecule has 1 fully saturated rings. The van der Waals surface area contributed by atoms with Crippen molar-refractivity contribution in [3.05, 3.63) is 42.5 Å². The molecule has 1 N–H and O–H groups in total. The first-order valence-corrected chi connectivity index (χ1v) is 7.37. The Morgan fingerprint density at radius 3 is 2.43 bits per heavy atom. The van der Waals surface area contributed by atoms with Crippen molar-refractivity contribution in [1.29, 1.82) is 0 Å². The van der Waals surface area contributed by atoms with Crippen LogP contribution in [0.15, 0.2) is 42.5 Å². The van der Waals surface area contributed by atoms with E-state index in [1.165, 1.54) is 0 Å². The van der Waals surface area contributed by atoms with Crippen LogP contribution in [0.5, 0.6) is 0 Å². The van der Waals surface area contributed by atoms with Crippen molar-refractivity contribution in [1.82, 2.24) is 0 Å². The molecule has 1 nitrogen and oxygen atoms in total. The molecular weight excluding hydrogens is 275 g/mol. The summed E-state index contributed by atoms with van der Waals surface area (Å²) in [7, 11) is 0. The van der Waals surface area contributed by atoms with E-state index in [1.807, 2.05) is 42.5 Å². The summed E-state index contributed by atoms with van der Waals surface area (Å²) in [6.07, 6.45) is -1.80. The molecule has 0 aliphatic heterocycles. The van der Waals surface area contributed by atoms with Crippen LogP contribution in [0.2, 0.25) is 0 Å². The Labute approximate surface area is 122 Å². The third-order valence-corrected chi connectivity index (χ3v) is 4.32. The second-order valence-electron chi connectivity index (χ2n) is 5.71. The van der Waals surface area contributed by atoms with E-state index in [9.17, 15) is 13.2 Å². The van der Waals surface area contributed by atoms with E-state index >= 15 is 0 Å². The van der Waals surface area contributed by atoms with Crippen molar-refractivity contribution in [3.8, 4) is 0 Å². The van der Waals surface area contributed by atoms with Crippen molar-refractivity contribution in [2.45, 2.75) is 37.9 Å². The second kappa shape index (κ2) is 5.58. The largest absolute Gasteiger partial charge is 0.393 e. The van der Waals surface area contributed by atoms with Crippen molar-refractivity contribution in [2.75, 3.05) is 5.32 Å². The topological polar surface area (TPSA) is 12.0 Å². The number of halogens is 3. The van der Waals surface area contributed by atoms with Crippen LogP contribution in [0.3, 0.4) is 0 Å². The highest BCUT2D eigenvalue weighted by molar-refractivity contribution is 5.93. The Bertz CT molecular complexity index is 615. The minimum absolute atomic E-state index is 0.228. The van der Waals surface area contributed by atoms with E-state index in [-0.39, 0.29) is 6.42 Å². The summed E-state index contributed by atoms with van der Waals surface area (Å²) in [6, 6.07) is 13.0. The number of hydrogen-bond donors (Lipinski definition) is 1. The molecule has 112 valence electrons. The monoisotopic (exact) mass is 293 g/mol. The van der Waals surface area contributed by atoms with Crippen LogP contribution in [-0.4, -0.2) is 12.2 Å². The Morgan fingerprint density at radius 1 is 0.905 bits per heavy atom. The molecule has 1 aliphatic rings. The Kier molecular flexibility index (Phi) is 3.79. The summed E-state index contributed by atoms with van der Waals surface area (Å²) in [5.74, 6) is -1.25. The molecule has 0 amide bonds. The maximum Gasteiger partial charge on any atom is 0.393 e. The quantitative estimate of drug-likeness (QED) is 0.784. The molecule has 0 bridgehead atoms. The average Bonchev–Trinajstić information content (AvgIpc) is 2.47. The number of rotatable bonds is 2. The summed E-state index contributed by atoms with van der Waals surface area (Å²) in [4.78, 5) is 0. The predicted molar refractivity (Wildman–Crippen MR) is 79.4 cm³/mol. The number of benzene rings is 2. The molecule has 1 aliphatic carbocycles. The Morgan fingerprint density at radius 2 is 1.62 bits per heavy atom. The maximum absolute atomic E-state index is 13.2. The van der Waals surface area contributed by atoms with Gasteiger partial charge in [0.15, 0.2) is 0 Å². The normalized spacial score (nSPS) is 23.2. The van der Waals surface area contributed by atoms with Gasteiger partial charge in [0.1, 0.15) is 0 Å². The summed E-state index contributed by atoms with van der Waals surface area (Å²) in [5.41, 5.74) is 0.800. The molecule has 0 heterocycles. The maximum atomic E-state index is 13.2. The zero-order valence-corrected chi connectivity index (χ0v) is 11.7. The van der Waals surface area contributed by atoms with Crippen LogP contribution in [0.4, 0.5) is 18.9 Å². The molecule has 21 heavy (non-hydrogen) atoms. The Balaban J connectivity index is 1.90. The first-order valence-electron chi connectivity index (χ1n) is 7.37. The van der Waals surface area contributed by atoms with Gasteiger partial charge >= 0.3 is 6.18 Å². The highest BCUT2D eigenvalue weighted by Gasteiger charge is 2.45. The molecule has 2 atom stereocenters. The summed E-state index contributed by atoms with van der Waals surface area (Å²) in [6.45, 7) is 0. The van der Waals surface area contributed by atoms with Crippen molar-refractivity contribution < 1.29 is 13.2 Å². The molecule has 2 aromatic rings. The van der Waals surface area contributed by atoms with Crippen LogP contribution in [0.25, 0.3) is 10.8 Å². The van der Waals surface area contributed by atoms with Gasteiger partial charge in [-0.05, 0) is 24.3 Å². The van der Waals surface area contributed by atoms with Crippen LogP contribution >= 0.6 is 0 Å². The molecule has 0 radical (unpaired) electrons. The number of nitrogens with one attached hydrogen (secondary N) is 1. The second-order valence-corrected chi connectivity index (χ2v) is 5.71. The van der Waals surface area contributed by atoms with Crippen molar-refractivity contribution >= 4 is 16.5 Å². The standard InChI is InChI=1S/C17H18F3N/c18-17(19,20)14-9-3-4-10-16(14)21-15-11-5-7-12-6-1-2-8-13(12)15/h1-2,5-8,11,14,16,21H,3-4,9-10H2. The molecule has 2 aromatic carbocycles. The van der Waals surface area contributed by atoms with E-state index in [1.54, 1.807) is 0 Å². The molecule has 3 rings (SSSR count). The highest BCUT2D eigenvalue weighted by atomic mass is 19.4. The van der Waals surface area contributed by atoms with Crippen molar-refractivity contribution in [3.63, 3.8) is 0 Å².